The molecule has 96 valence electrons. The number of thioether (sulfide) groups is 1. The van der Waals surface area contributed by atoms with Crippen LogP contribution in [0, 0.1) is 0 Å². The summed E-state index contributed by atoms with van der Waals surface area (Å²) in [5, 5.41) is 9.41. The first-order valence-electron chi connectivity index (χ1n) is 5.32. The van der Waals surface area contributed by atoms with Gasteiger partial charge in [-0.2, -0.15) is 11.8 Å². The highest BCUT2D eigenvalue weighted by molar-refractivity contribution is 7.99. The number of hydrogen-bond donors (Lipinski definition) is 1. The minimum absolute atomic E-state index is 0.248. The first-order valence-corrected chi connectivity index (χ1v) is 6.85. The quantitative estimate of drug-likeness (QED) is 0.889. The third-order valence-electron chi connectivity index (χ3n) is 2.67. The van der Waals surface area contributed by atoms with Crippen molar-refractivity contribution in [3.8, 4) is 0 Å². The Labute approximate surface area is 113 Å². The minimum atomic E-state index is -0.990. The molecule has 1 amide bonds. The molecule has 1 N–H and O–H groups in total. The number of aliphatic carboxylic acids is 1. The Morgan fingerprint density at radius 3 is 3.00 bits per heavy atom. The lowest BCUT2D eigenvalue weighted by Gasteiger charge is -2.32. The predicted molar refractivity (Wildman–Crippen MR) is 69.0 cm³/mol. The van der Waals surface area contributed by atoms with Crippen LogP contribution in [0.2, 0.25) is 5.02 Å². The average Bonchev–Trinajstić information content (AvgIpc) is 2.38. The largest absolute Gasteiger partial charge is 0.480 e. The van der Waals surface area contributed by atoms with Gasteiger partial charge in [0.05, 0.1) is 10.6 Å². The Balaban J connectivity index is 2.27. The molecule has 0 aliphatic carbocycles. The molecule has 1 aromatic heterocycles. The van der Waals surface area contributed by atoms with Crippen LogP contribution < -0.4 is 0 Å². The molecular weight excluding hydrogens is 276 g/mol. The fraction of sp³-hybridized carbons (Fsp3) is 0.364. The standard InChI is InChI=1S/C11H11ClN2O3S/c12-8-1-2-13-5-7(8)10(15)14-3-4-18-6-9(14)11(16)17/h1-2,5,9H,3-4,6H2,(H,16,17). The number of carboxylic acid groups (broad SMARTS) is 1. The Hall–Kier alpha value is -1.27. The minimum Gasteiger partial charge on any atom is -0.480 e. The summed E-state index contributed by atoms with van der Waals surface area (Å²) in [6.07, 6.45) is 2.85. The summed E-state index contributed by atoms with van der Waals surface area (Å²) >= 11 is 7.45. The Bertz CT molecular complexity index is 483. The van der Waals surface area contributed by atoms with E-state index in [1.165, 1.54) is 35.1 Å². The predicted octanol–water partition coefficient (Wildman–Crippen LogP) is 1.38. The second-order valence-electron chi connectivity index (χ2n) is 3.78. The Kier molecular flexibility index (Phi) is 4.08. The van der Waals surface area contributed by atoms with E-state index in [0.717, 1.165) is 5.75 Å². The monoisotopic (exact) mass is 286 g/mol. The second kappa shape index (κ2) is 5.58. The molecule has 0 bridgehead atoms. The molecule has 7 heteroatoms. The number of aromatic nitrogens is 1. The second-order valence-corrected chi connectivity index (χ2v) is 5.34. The molecule has 1 atom stereocenters. The Morgan fingerprint density at radius 1 is 1.56 bits per heavy atom. The van der Waals surface area contributed by atoms with E-state index >= 15 is 0 Å². The zero-order valence-corrected chi connectivity index (χ0v) is 10.9. The van der Waals surface area contributed by atoms with Crippen LogP contribution in [0.5, 0.6) is 0 Å². The van der Waals surface area contributed by atoms with Gasteiger partial charge in [-0.3, -0.25) is 9.78 Å². The van der Waals surface area contributed by atoms with E-state index in [4.69, 9.17) is 16.7 Å². The fourth-order valence-corrected chi connectivity index (χ4v) is 2.97. The van der Waals surface area contributed by atoms with E-state index in [-0.39, 0.29) is 16.5 Å². The van der Waals surface area contributed by atoms with E-state index in [1.54, 1.807) is 0 Å². The molecule has 1 unspecified atom stereocenters. The molecule has 2 heterocycles. The van der Waals surface area contributed by atoms with Gasteiger partial charge in [-0.05, 0) is 6.07 Å². The van der Waals surface area contributed by atoms with Gasteiger partial charge in [0, 0.05) is 30.4 Å². The maximum absolute atomic E-state index is 12.3. The van der Waals surface area contributed by atoms with Gasteiger partial charge in [0.25, 0.3) is 5.91 Å². The summed E-state index contributed by atoms with van der Waals surface area (Å²) in [7, 11) is 0. The number of nitrogens with zero attached hydrogens (tertiary/aromatic N) is 2. The number of carbonyl (C=O) groups excluding carboxylic acids is 1. The van der Waals surface area contributed by atoms with Crippen molar-refractivity contribution in [1.29, 1.82) is 0 Å². The number of carbonyl (C=O) groups is 2. The van der Waals surface area contributed by atoms with Crippen molar-refractivity contribution in [2.24, 2.45) is 0 Å². The van der Waals surface area contributed by atoms with Crippen molar-refractivity contribution in [3.63, 3.8) is 0 Å². The molecule has 18 heavy (non-hydrogen) atoms. The third-order valence-corrected chi connectivity index (χ3v) is 4.02. The summed E-state index contributed by atoms with van der Waals surface area (Å²) in [6.45, 7) is 0.408. The highest BCUT2D eigenvalue weighted by Gasteiger charge is 2.33. The maximum Gasteiger partial charge on any atom is 0.327 e. The van der Waals surface area contributed by atoms with Crippen LogP contribution in [0.1, 0.15) is 10.4 Å². The molecule has 1 aliphatic rings. The number of amides is 1. The molecule has 1 aromatic rings. The molecular formula is C11H11ClN2O3S. The first-order chi connectivity index (χ1) is 8.61. The first kappa shape index (κ1) is 13.2. The lowest BCUT2D eigenvalue weighted by molar-refractivity contribution is -0.141. The number of halogens is 1. The van der Waals surface area contributed by atoms with Gasteiger partial charge in [-0.15, -0.1) is 0 Å². The van der Waals surface area contributed by atoms with Crippen molar-refractivity contribution < 1.29 is 14.7 Å². The number of rotatable bonds is 2. The number of pyridine rings is 1. The van der Waals surface area contributed by atoms with Gasteiger partial charge in [-0.1, -0.05) is 11.6 Å². The molecule has 0 radical (unpaired) electrons. The summed E-state index contributed by atoms with van der Waals surface area (Å²) in [5.74, 6) is -0.233. The van der Waals surface area contributed by atoms with E-state index in [1.807, 2.05) is 0 Å². The summed E-state index contributed by atoms with van der Waals surface area (Å²) < 4.78 is 0. The molecule has 5 nitrogen and oxygen atoms in total. The van der Waals surface area contributed by atoms with E-state index in [0.29, 0.717) is 12.3 Å². The number of hydrogen-bond acceptors (Lipinski definition) is 4. The molecule has 0 aromatic carbocycles. The van der Waals surface area contributed by atoms with E-state index < -0.39 is 12.0 Å². The van der Waals surface area contributed by atoms with Crippen molar-refractivity contribution in [3.05, 3.63) is 29.0 Å². The maximum atomic E-state index is 12.3. The third kappa shape index (κ3) is 2.59. The zero-order valence-electron chi connectivity index (χ0n) is 9.38. The number of carboxylic acids is 1. The van der Waals surface area contributed by atoms with E-state index in [9.17, 15) is 9.59 Å². The summed E-state index contributed by atoms with van der Waals surface area (Å²) in [6, 6.07) is 0.719. The van der Waals surface area contributed by atoms with Gasteiger partial charge < -0.3 is 10.0 Å². The molecule has 0 spiro atoms. The zero-order chi connectivity index (χ0) is 13.1. The fourth-order valence-electron chi connectivity index (χ4n) is 1.74. The lowest BCUT2D eigenvalue weighted by Crippen LogP contribution is -2.50. The smallest absolute Gasteiger partial charge is 0.327 e. The Morgan fingerprint density at radius 2 is 2.33 bits per heavy atom. The molecule has 1 saturated heterocycles. The summed E-state index contributed by atoms with van der Waals surface area (Å²) in [4.78, 5) is 28.6. The highest BCUT2D eigenvalue weighted by Crippen LogP contribution is 2.22. The average molecular weight is 287 g/mol. The molecule has 1 fully saturated rings. The van der Waals surface area contributed by atoms with Crippen molar-refractivity contribution in [2.75, 3.05) is 18.1 Å². The van der Waals surface area contributed by atoms with Crippen LogP contribution in [0.4, 0.5) is 0 Å². The van der Waals surface area contributed by atoms with Crippen LogP contribution in [0.15, 0.2) is 18.5 Å². The van der Waals surface area contributed by atoms with Crippen molar-refractivity contribution in [2.45, 2.75) is 6.04 Å². The summed E-state index contributed by atoms with van der Waals surface area (Å²) in [5.41, 5.74) is 0.248. The van der Waals surface area contributed by atoms with E-state index in [2.05, 4.69) is 4.98 Å². The van der Waals surface area contributed by atoms with Crippen LogP contribution in [0.25, 0.3) is 0 Å². The van der Waals surface area contributed by atoms with Crippen LogP contribution >= 0.6 is 23.4 Å². The van der Waals surface area contributed by atoms with Crippen molar-refractivity contribution in [1.82, 2.24) is 9.88 Å². The van der Waals surface area contributed by atoms with Gasteiger partial charge in [0.2, 0.25) is 0 Å². The van der Waals surface area contributed by atoms with Gasteiger partial charge in [-0.25, -0.2) is 4.79 Å². The topological polar surface area (TPSA) is 70.5 Å². The van der Waals surface area contributed by atoms with Crippen LogP contribution in [0.3, 0.4) is 0 Å². The van der Waals surface area contributed by atoms with Gasteiger partial charge in [0.1, 0.15) is 6.04 Å². The van der Waals surface area contributed by atoms with Gasteiger partial charge >= 0.3 is 5.97 Å². The lowest BCUT2D eigenvalue weighted by atomic mass is 10.2. The molecule has 0 saturated carbocycles. The normalized spacial score (nSPS) is 19.6. The molecule has 1 aliphatic heterocycles. The highest BCUT2D eigenvalue weighted by atomic mass is 35.5. The van der Waals surface area contributed by atoms with Crippen LogP contribution in [-0.4, -0.2) is 51.0 Å². The van der Waals surface area contributed by atoms with Crippen LogP contribution in [-0.2, 0) is 4.79 Å². The van der Waals surface area contributed by atoms with Crippen molar-refractivity contribution >= 4 is 35.2 Å². The SMILES string of the molecule is O=C(O)C1CSCCN1C(=O)c1cnccc1Cl. The van der Waals surface area contributed by atoms with Gasteiger partial charge in [0.15, 0.2) is 0 Å². The molecule has 2 rings (SSSR count).